The molecule has 44 heavy (non-hydrogen) atoms. The van der Waals surface area contributed by atoms with Gasteiger partial charge < -0.3 is 18.8 Å². The third kappa shape index (κ3) is 8.25. The number of aromatic nitrogens is 1. The zero-order valence-electron chi connectivity index (χ0n) is 27.9. The van der Waals surface area contributed by atoms with Crippen LogP contribution >= 0.6 is 0 Å². The molecule has 3 amide bonds. The zero-order chi connectivity index (χ0) is 33.3. The van der Waals surface area contributed by atoms with Gasteiger partial charge in [-0.25, -0.2) is 19.4 Å². The number of hydrogen-bond donors (Lipinski definition) is 0. The largest absolute Gasteiger partial charge is 0.459 e. The van der Waals surface area contributed by atoms with Gasteiger partial charge in [-0.15, -0.1) is 0 Å². The lowest BCUT2D eigenvalue weighted by atomic mass is 9.85. The Morgan fingerprint density at radius 3 is 1.91 bits per heavy atom. The second kappa shape index (κ2) is 12.7. The van der Waals surface area contributed by atoms with Crippen LogP contribution in [0, 0.1) is 5.92 Å². The van der Waals surface area contributed by atoms with Gasteiger partial charge in [-0.1, -0.05) is 64.2 Å². The van der Waals surface area contributed by atoms with Crippen LogP contribution in [-0.4, -0.2) is 59.1 Å². The number of β-lactam (4-membered cyclic amide) rings is 1. The summed E-state index contributed by atoms with van der Waals surface area (Å²) in [5, 5.41) is -0.198. The Morgan fingerprint density at radius 1 is 0.864 bits per heavy atom. The molecule has 1 aliphatic rings. The first-order valence-corrected chi connectivity index (χ1v) is 17.8. The standard InChI is InChI=1S/C33H47N3O7Si/c1-31(2,3)42-29(39)35(30(40)43-32(4,5)6)25-20-23(17-18-34-25)19-24-26(28(38)41-21-22-15-13-12-14-16-22)36(27(24)37)44(10,11)33(7,8)9/h12-18,20,24,26H,19,21H2,1-11H3/t24?,26-/m0/s1. The fourth-order valence-electron chi connectivity index (χ4n) is 4.66. The van der Waals surface area contributed by atoms with Crippen molar-refractivity contribution in [1.82, 2.24) is 9.55 Å². The van der Waals surface area contributed by atoms with Gasteiger partial charge >= 0.3 is 18.2 Å². The smallest absolute Gasteiger partial charge is 0.425 e. The van der Waals surface area contributed by atoms with Gasteiger partial charge in [0, 0.05) is 6.20 Å². The van der Waals surface area contributed by atoms with Crippen LogP contribution in [0.2, 0.25) is 18.1 Å². The van der Waals surface area contributed by atoms with E-state index in [9.17, 15) is 19.2 Å². The van der Waals surface area contributed by atoms with E-state index in [1.807, 2.05) is 30.3 Å². The summed E-state index contributed by atoms with van der Waals surface area (Å²) >= 11 is 0. The molecule has 1 aromatic carbocycles. The summed E-state index contributed by atoms with van der Waals surface area (Å²) in [6, 6.07) is 11.9. The van der Waals surface area contributed by atoms with E-state index in [1.54, 1.807) is 58.2 Å². The lowest BCUT2D eigenvalue weighted by molar-refractivity contribution is -0.168. The molecule has 0 saturated carbocycles. The third-order valence-electron chi connectivity index (χ3n) is 7.76. The van der Waals surface area contributed by atoms with Crippen molar-refractivity contribution in [3.05, 3.63) is 59.8 Å². The number of amides is 3. The van der Waals surface area contributed by atoms with Gasteiger partial charge in [0.25, 0.3) is 0 Å². The molecule has 2 atom stereocenters. The molecular formula is C33H47N3O7Si. The van der Waals surface area contributed by atoms with Gasteiger partial charge in [0.05, 0.1) is 5.92 Å². The molecule has 0 N–H and O–H groups in total. The van der Waals surface area contributed by atoms with Crippen LogP contribution in [0.3, 0.4) is 0 Å². The summed E-state index contributed by atoms with van der Waals surface area (Å²) < 4.78 is 18.5. The maximum atomic E-state index is 13.8. The highest BCUT2D eigenvalue weighted by Gasteiger charge is 2.60. The Hall–Kier alpha value is -3.73. The van der Waals surface area contributed by atoms with Crippen LogP contribution in [0.4, 0.5) is 15.4 Å². The molecular weight excluding hydrogens is 578 g/mol. The molecule has 1 fully saturated rings. The van der Waals surface area contributed by atoms with Crippen LogP contribution in [0.1, 0.15) is 73.4 Å². The predicted molar refractivity (Wildman–Crippen MR) is 170 cm³/mol. The van der Waals surface area contributed by atoms with Gasteiger partial charge in [0.2, 0.25) is 5.91 Å². The number of hydrogen-bond acceptors (Lipinski definition) is 8. The van der Waals surface area contributed by atoms with E-state index in [1.165, 1.54) is 6.20 Å². The quantitative estimate of drug-likeness (QED) is 0.142. The molecule has 1 saturated heterocycles. The lowest BCUT2D eigenvalue weighted by Crippen LogP contribution is -2.75. The van der Waals surface area contributed by atoms with Gasteiger partial charge in [-0.3, -0.25) is 4.79 Å². The van der Waals surface area contributed by atoms with E-state index in [2.05, 4.69) is 38.8 Å². The molecule has 240 valence electrons. The molecule has 0 radical (unpaired) electrons. The maximum Gasteiger partial charge on any atom is 0.425 e. The summed E-state index contributed by atoms with van der Waals surface area (Å²) in [5.41, 5.74) is -0.298. The highest BCUT2D eigenvalue weighted by molar-refractivity contribution is 6.80. The van der Waals surface area contributed by atoms with E-state index >= 15 is 0 Å². The molecule has 1 aliphatic heterocycles. The molecule has 1 unspecified atom stereocenters. The van der Waals surface area contributed by atoms with Crippen LogP contribution in [0.25, 0.3) is 0 Å². The van der Waals surface area contributed by atoms with Crippen LogP contribution in [0.15, 0.2) is 48.7 Å². The Balaban J connectivity index is 1.94. The Kier molecular flexibility index (Phi) is 10.0. The van der Waals surface area contributed by atoms with Crippen molar-refractivity contribution in [3.63, 3.8) is 0 Å². The molecule has 0 aliphatic carbocycles. The minimum atomic E-state index is -2.44. The number of benzene rings is 1. The van der Waals surface area contributed by atoms with Crippen LogP contribution in [-0.2, 0) is 36.8 Å². The number of nitrogens with zero attached hydrogens (tertiary/aromatic N) is 3. The Bertz CT molecular complexity index is 1350. The fraction of sp³-hybridized carbons (Fsp3) is 0.545. The number of anilines is 1. The SMILES string of the molecule is CC(C)(C)OC(=O)N(C(=O)OC(C)(C)C)c1cc(CC2C(=O)N([Si](C)(C)C(C)(C)C)[C@@H]2C(=O)OCc2ccccc2)ccn1. The molecule has 3 rings (SSSR count). The van der Waals surface area contributed by atoms with E-state index < -0.39 is 49.6 Å². The summed E-state index contributed by atoms with van der Waals surface area (Å²) in [7, 11) is -2.44. The Morgan fingerprint density at radius 2 is 1.41 bits per heavy atom. The number of carbonyl (C=O) groups is 4. The maximum absolute atomic E-state index is 13.8. The summed E-state index contributed by atoms with van der Waals surface area (Å²) in [4.78, 5) is 58.7. The lowest BCUT2D eigenvalue weighted by Gasteiger charge is -2.57. The van der Waals surface area contributed by atoms with E-state index in [0.717, 1.165) is 10.5 Å². The molecule has 11 heteroatoms. The number of rotatable bonds is 7. The first-order valence-electron chi connectivity index (χ1n) is 14.9. The van der Waals surface area contributed by atoms with Crippen molar-refractivity contribution >= 4 is 38.1 Å². The zero-order valence-corrected chi connectivity index (χ0v) is 28.9. The number of imide groups is 1. The first kappa shape index (κ1) is 34.8. The van der Waals surface area contributed by atoms with Crippen molar-refractivity contribution in [3.8, 4) is 0 Å². The normalized spacial score (nSPS) is 17.4. The first-order chi connectivity index (χ1) is 20.1. The van der Waals surface area contributed by atoms with Gasteiger partial charge in [0.15, 0.2) is 8.24 Å². The molecule has 1 aromatic heterocycles. The summed E-state index contributed by atoms with van der Waals surface area (Å²) in [5.74, 6) is -1.27. The van der Waals surface area contributed by atoms with Crippen molar-refractivity contribution < 1.29 is 33.4 Å². The number of pyridine rings is 1. The Labute approximate surface area is 262 Å². The number of esters is 1. The number of carbonyl (C=O) groups excluding carboxylic acids is 4. The monoisotopic (exact) mass is 625 g/mol. The molecule has 0 bridgehead atoms. The molecule has 10 nitrogen and oxygen atoms in total. The second-order valence-electron chi connectivity index (χ2n) is 14.7. The second-order valence-corrected chi connectivity index (χ2v) is 19.8. The molecule has 2 aromatic rings. The summed E-state index contributed by atoms with van der Waals surface area (Å²) in [6.07, 6.45) is -0.254. The topological polar surface area (TPSA) is 115 Å². The van der Waals surface area contributed by atoms with E-state index in [0.29, 0.717) is 5.56 Å². The van der Waals surface area contributed by atoms with Crippen molar-refractivity contribution in [2.45, 2.75) is 111 Å². The van der Waals surface area contributed by atoms with Crippen LogP contribution in [0.5, 0.6) is 0 Å². The third-order valence-corrected chi connectivity index (χ3v) is 13.1. The summed E-state index contributed by atoms with van der Waals surface area (Å²) in [6.45, 7) is 20.7. The predicted octanol–water partition coefficient (Wildman–Crippen LogP) is 6.88. The van der Waals surface area contributed by atoms with E-state index in [-0.39, 0.29) is 29.8 Å². The van der Waals surface area contributed by atoms with Crippen molar-refractivity contribution in [2.75, 3.05) is 4.90 Å². The van der Waals surface area contributed by atoms with Crippen LogP contribution < -0.4 is 4.90 Å². The van der Waals surface area contributed by atoms with Gasteiger partial charge in [0.1, 0.15) is 29.7 Å². The average molecular weight is 626 g/mol. The number of ether oxygens (including phenoxy) is 3. The van der Waals surface area contributed by atoms with Gasteiger partial charge in [-0.2, -0.15) is 4.90 Å². The van der Waals surface area contributed by atoms with Crippen molar-refractivity contribution in [2.24, 2.45) is 5.92 Å². The average Bonchev–Trinajstić information content (AvgIpc) is 2.86. The van der Waals surface area contributed by atoms with Gasteiger partial charge in [-0.05, 0) is 76.3 Å². The van der Waals surface area contributed by atoms with Crippen molar-refractivity contribution in [1.29, 1.82) is 0 Å². The highest BCUT2D eigenvalue weighted by atomic mass is 28.3. The highest BCUT2D eigenvalue weighted by Crippen LogP contribution is 2.46. The molecule has 0 spiro atoms. The molecule has 2 heterocycles. The van der Waals surface area contributed by atoms with E-state index in [4.69, 9.17) is 14.2 Å². The fourth-order valence-corrected chi connectivity index (χ4v) is 7.08. The minimum absolute atomic E-state index is 0.0118. The minimum Gasteiger partial charge on any atom is -0.459 e.